The molecule has 146 valence electrons. The molecule has 0 amide bonds. The summed E-state index contributed by atoms with van der Waals surface area (Å²) in [4.78, 5) is 4.39. The molecule has 0 aliphatic heterocycles. The molecular weight excluding hydrogens is 429 g/mol. The maximum atomic E-state index is 6.27. The first-order chi connectivity index (χ1) is 14.1. The van der Waals surface area contributed by atoms with E-state index in [1.54, 1.807) is 23.3 Å². The van der Waals surface area contributed by atoms with Gasteiger partial charge in [-0.15, -0.1) is 0 Å². The van der Waals surface area contributed by atoms with Crippen LogP contribution < -0.4 is 0 Å². The van der Waals surface area contributed by atoms with Crippen LogP contribution in [-0.2, 0) is 12.8 Å². The fraction of sp³-hybridized carbons (Fsp3) is 0.190. The summed E-state index contributed by atoms with van der Waals surface area (Å²) in [5, 5.41) is 6.25. The summed E-state index contributed by atoms with van der Waals surface area (Å²) in [6.45, 7) is 0. The van der Waals surface area contributed by atoms with Crippen molar-refractivity contribution in [3.8, 4) is 11.3 Å². The van der Waals surface area contributed by atoms with Crippen LogP contribution in [0.1, 0.15) is 29.9 Å². The Labute approximate surface area is 181 Å². The zero-order valence-electron chi connectivity index (χ0n) is 15.2. The SMILES string of the molecule is S=c1c2c3c(oc2ncn1/N=C/c1ccc(-c2cccc(Cl)c2Cl)o1)CCCC3. The fourth-order valence-corrected chi connectivity index (χ4v) is 4.30. The van der Waals surface area contributed by atoms with Crippen molar-refractivity contribution in [3.63, 3.8) is 0 Å². The first kappa shape index (κ1) is 18.6. The molecule has 0 saturated heterocycles. The summed E-state index contributed by atoms with van der Waals surface area (Å²) in [5.41, 5.74) is 2.48. The number of aryl methyl sites for hydroxylation is 2. The van der Waals surface area contributed by atoms with E-state index in [9.17, 15) is 0 Å². The number of benzene rings is 1. The molecule has 29 heavy (non-hydrogen) atoms. The average molecular weight is 444 g/mol. The predicted molar refractivity (Wildman–Crippen MR) is 117 cm³/mol. The average Bonchev–Trinajstić information content (AvgIpc) is 3.34. The zero-order chi connectivity index (χ0) is 20.0. The quantitative estimate of drug-likeness (QED) is 0.261. The van der Waals surface area contributed by atoms with Crippen molar-refractivity contribution in [2.45, 2.75) is 25.7 Å². The van der Waals surface area contributed by atoms with E-state index in [1.165, 1.54) is 5.56 Å². The highest BCUT2D eigenvalue weighted by atomic mass is 35.5. The maximum absolute atomic E-state index is 6.27. The van der Waals surface area contributed by atoms with Crippen LogP contribution in [-0.4, -0.2) is 15.9 Å². The molecule has 1 aliphatic carbocycles. The Kier molecular flexibility index (Phi) is 4.78. The second-order valence-electron chi connectivity index (χ2n) is 6.83. The molecule has 0 radical (unpaired) electrons. The van der Waals surface area contributed by atoms with Gasteiger partial charge in [-0.25, -0.2) is 9.66 Å². The molecule has 3 aromatic heterocycles. The van der Waals surface area contributed by atoms with E-state index in [-0.39, 0.29) is 0 Å². The molecule has 0 bridgehead atoms. The van der Waals surface area contributed by atoms with Gasteiger partial charge in [0.1, 0.15) is 28.2 Å². The van der Waals surface area contributed by atoms with Crippen molar-refractivity contribution in [1.82, 2.24) is 9.66 Å². The van der Waals surface area contributed by atoms with Gasteiger partial charge in [-0.05, 0) is 43.5 Å². The Balaban J connectivity index is 1.49. The third-order valence-corrected chi connectivity index (χ3v) is 6.22. The monoisotopic (exact) mass is 443 g/mol. The maximum Gasteiger partial charge on any atom is 0.231 e. The molecule has 5 rings (SSSR count). The van der Waals surface area contributed by atoms with Gasteiger partial charge >= 0.3 is 0 Å². The van der Waals surface area contributed by atoms with Gasteiger partial charge in [0, 0.05) is 17.5 Å². The third-order valence-electron chi connectivity index (χ3n) is 5.01. The van der Waals surface area contributed by atoms with Gasteiger partial charge in [-0.3, -0.25) is 0 Å². The molecule has 0 N–H and O–H groups in total. The number of furan rings is 2. The molecule has 0 fully saturated rings. The molecule has 0 atom stereocenters. The van der Waals surface area contributed by atoms with E-state index in [1.807, 2.05) is 24.3 Å². The van der Waals surface area contributed by atoms with Gasteiger partial charge in [0.2, 0.25) is 5.71 Å². The largest absolute Gasteiger partial charge is 0.455 e. The lowest BCUT2D eigenvalue weighted by molar-refractivity contribution is 0.499. The summed E-state index contributed by atoms with van der Waals surface area (Å²) < 4.78 is 13.9. The van der Waals surface area contributed by atoms with Crippen molar-refractivity contribution in [2.75, 3.05) is 0 Å². The zero-order valence-corrected chi connectivity index (χ0v) is 17.5. The van der Waals surface area contributed by atoms with Gasteiger partial charge < -0.3 is 8.83 Å². The number of aromatic nitrogens is 2. The minimum absolute atomic E-state index is 0.452. The van der Waals surface area contributed by atoms with Crippen molar-refractivity contribution in [2.24, 2.45) is 5.10 Å². The minimum atomic E-state index is 0.452. The van der Waals surface area contributed by atoms with E-state index < -0.39 is 0 Å². The van der Waals surface area contributed by atoms with Crippen LogP contribution in [0.4, 0.5) is 0 Å². The molecule has 4 aromatic rings. The number of halogens is 2. The van der Waals surface area contributed by atoms with Crippen LogP contribution in [0.2, 0.25) is 10.0 Å². The Bertz CT molecular complexity index is 1320. The summed E-state index contributed by atoms with van der Waals surface area (Å²) >= 11 is 18.0. The van der Waals surface area contributed by atoms with Crippen molar-refractivity contribution in [3.05, 3.63) is 68.4 Å². The molecule has 0 unspecified atom stereocenters. The minimum Gasteiger partial charge on any atom is -0.455 e. The summed E-state index contributed by atoms with van der Waals surface area (Å²) in [5.74, 6) is 2.17. The van der Waals surface area contributed by atoms with Crippen LogP contribution in [0.25, 0.3) is 22.4 Å². The molecular formula is C21H15Cl2N3O2S. The highest BCUT2D eigenvalue weighted by molar-refractivity contribution is 7.71. The molecule has 8 heteroatoms. The van der Waals surface area contributed by atoms with E-state index >= 15 is 0 Å². The Hall–Kier alpha value is -2.41. The molecule has 5 nitrogen and oxygen atoms in total. The number of hydrogen-bond acceptors (Lipinski definition) is 5. The van der Waals surface area contributed by atoms with Crippen LogP contribution in [0, 0.1) is 4.64 Å². The first-order valence-corrected chi connectivity index (χ1v) is 10.4. The highest BCUT2D eigenvalue weighted by Crippen LogP contribution is 2.34. The van der Waals surface area contributed by atoms with Gasteiger partial charge in [0.05, 0.1) is 21.6 Å². The number of fused-ring (bicyclic) bond motifs is 3. The number of nitrogens with zero attached hydrogens (tertiary/aromatic N) is 3. The van der Waals surface area contributed by atoms with Crippen LogP contribution >= 0.6 is 35.4 Å². The Morgan fingerprint density at radius 1 is 1.10 bits per heavy atom. The predicted octanol–water partition coefficient (Wildman–Crippen LogP) is 6.69. The van der Waals surface area contributed by atoms with E-state index in [0.29, 0.717) is 31.9 Å². The van der Waals surface area contributed by atoms with Gasteiger partial charge in [0.25, 0.3) is 0 Å². The summed E-state index contributed by atoms with van der Waals surface area (Å²) in [6, 6.07) is 9.05. The lowest BCUT2D eigenvalue weighted by Gasteiger charge is -2.08. The van der Waals surface area contributed by atoms with E-state index in [2.05, 4.69) is 10.1 Å². The number of rotatable bonds is 3. The van der Waals surface area contributed by atoms with Crippen molar-refractivity contribution >= 4 is 52.7 Å². The summed E-state index contributed by atoms with van der Waals surface area (Å²) in [7, 11) is 0. The lowest BCUT2D eigenvalue weighted by atomic mass is 9.97. The van der Waals surface area contributed by atoms with Crippen LogP contribution in [0.15, 0.2) is 50.6 Å². The second kappa shape index (κ2) is 7.44. The van der Waals surface area contributed by atoms with Crippen molar-refractivity contribution < 1.29 is 8.83 Å². The second-order valence-corrected chi connectivity index (χ2v) is 8.01. The highest BCUT2D eigenvalue weighted by Gasteiger charge is 2.20. The normalized spacial score (nSPS) is 14.0. The Morgan fingerprint density at radius 2 is 1.97 bits per heavy atom. The third kappa shape index (κ3) is 3.31. The van der Waals surface area contributed by atoms with Gasteiger partial charge in [-0.1, -0.05) is 41.5 Å². The number of hydrogen-bond donors (Lipinski definition) is 0. The van der Waals surface area contributed by atoms with E-state index in [4.69, 9.17) is 44.3 Å². The molecule has 0 spiro atoms. The lowest BCUT2D eigenvalue weighted by Crippen LogP contribution is -2.00. The van der Waals surface area contributed by atoms with Crippen LogP contribution in [0.5, 0.6) is 0 Å². The fourth-order valence-electron chi connectivity index (χ4n) is 3.60. The Morgan fingerprint density at radius 3 is 2.86 bits per heavy atom. The van der Waals surface area contributed by atoms with E-state index in [0.717, 1.165) is 42.4 Å². The molecule has 1 aromatic carbocycles. The smallest absolute Gasteiger partial charge is 0.231 e. The van der Waals surface area contributed by atoms with Gasteiger partial charge in [0.15, 0.2) is 0 Å². The first-order valence-electron chi connectivity index (χ1n) is 9.22. The van der Waals surface area contributed by atoms with Crippen LogP contribution in [0.3, 0.4) is 0 Å². The molecule has 3 heterocycles. The standard InChI is InChI=1S/C21H15Cl2N3O2S/c22-15-6-3-5-14(19(15)23)17-9-8-12(27-17)10-25-26-11-24-20-18(21(26)29)13-4-1-2-7-16(13)28-20/h3,5-6,8-11H,1-2,4,7H2/b25-10+. The van der Waals surface area contributed by atoms with Gasteiger partial charge in [-0.2, -0.15) is 5.10 Å². The van der Waals surface area contributed by atoms with Crippen molar-refractivity contribution in [1.29, 1.82) is 0 Å². The molecule has 1 aliphatic rings. The topological polar surface area (TPSA) is 56.5 Å². The molecule has 0 saturated carbocycles. The summed E-state index contributed by atoms with van der Waals surface area (Å²) in [6.07, 6.45) is 7.32.